The Bertz CT molecular complexity index is 1640. The van der Waals surface area contributed by atoms with Crippen molar-refractivity contribution in [3.63, 3.8) is 0 Å². The number of allylic oxidation sites excluding steroid dienone is 20. The molecule has 450 valence electrons. The number of hydrogen-bond acceptors (Lipinski definition) is 6. The summed E-state index contributed by atoms with van der Waals surface area (Å²) in [5, 5.41) is 0. The molecule has 0 saturated carbocycles. The summed E-state index contributed by atoms with van der Waals surface area (Å²) in [5.74, 6) is -0.953. The quantitative estimate of drug-likeness (QED) is 0.0261. The lowest BCUT2D eigenvalue weighted by molar-refractivity contribution is -0.167. The summed E-state index contributed by atoms with van der Waals surface area (Å²) < 4.78 is 16.9. The van der Waals surface area contributed by atoms with Gasteiger partial charge in [0.05, 0.1) is 0 Å². The van der Waals surface area contributed by atoms with Gasteiger partial charge in [0.15, 0.2) is 6.10 Å². The van der Waals surface area contributed by atoms with Crippen LogP contribution in [0, 0.1) is 0 Å². The molecule has 0 heterocycles. The first-order chi connectivity index (χ1) is 39.0. The van der Waals surface area contributed by atoms with Crippen molar-refractivity contribution in [2.75, 3.05) is 13.2 Å². The minimum atomic E-state index is -0.808. The Morgan fingerprint density at radius 3 is 0.835 bits per heavy atom. The first-order valence-corrected chi connectivity index (χ1v) is 33.0. The van der Waals surface area contributed by atoms with Gasteiger partial charge in [-0.15, -0.1) is 0 Å². The van der Waals surface area contributed by atoms with Crippen molar-refractivity contribution in [3.8, 4) is 0 Å². The van der Waals surface area contributed by atoms with Crippen molar-refractivity contribution >= 4 is 17.9 Å². The monoisotopic (exact) mass is 1090 g/mol. The number of ether oxygens (including phenoxy) is 3. The molecule has 0 saturated heterocycles. The fraction of sp³-hybridized carbons (Fsp3) is 0.685. The SMILES string of the molecule is CC/C=C\C/C=C\C/C=C\C/C=C\C/C=C\C/C=C\CCCCC(=O)OCC(COC(=O)CCCCCCCC/C=C\C/C=C\C/C=C\CCCCC)OC(=O)CCCCCCCCCCC/C=C\CCCCCCCCCC. The van der Waals surface area contributed by atoms with Gasteiger partial charge in [-0.2, -0.15) is 0 Å². The third-order valence-electron chi connectivity index (χ3n) is 13.9. The van der Waals surface area contributed by atoms with Crippen molar-refractivity contribution in [2.24, 2.45) is 0 Å². The van der Waals surface area contributed by atoms with Gasteiger partial charge in [-0.3, -0.25) is 14.4 Å². The maximum Gasteiger partial charge on any atom is 0.306 e. The summed E-state index contributed by atoms with van der Waals surface area (Å²) in [6.07, 6.45) is 92.0. The van der Waals surface area contributed by atoms with E-state index in [4.69, 9.17) is 14.2 Å². The first-order valence-electron chi connectivity index (χ1n) is 33.0. The molecule has 0 aliphatic rings. The molecule has 0 aliphatic carbocycles. The highest BCUT2D eigenvalue weighted by atomic mass is 16.6. The van der Waals surface area contributed by atoms with E-state index >= 15 is 0 Å². The van der Waals surface area contributed by atoms with Gasteiger partial charge in [-0.1, -0.05) is 271 Å². The number of hydrogen-bond donors (Lipinski definition) is 0. The highest BCUT2D eigenvalue weighted by Crippen LogP contribution is 2.15. The van der Waals surface area contributed by atoms with Gasteiger partial charge in [0.2, 0.25) is 0 Å². The molecular formula is C73H122O6. The van der Waals surface area contributed by atoms with Crippen LogP contribution in [0.25, 0.3) is 0 Å². The number of unbranched alkanes of at least 4 members (excludes halogenated alkanes) is 28. The molecule has 1 unspecified atom stereocenters. The molecule has 0 rings (SSSR count). The third-order valence-corrected chi connectivity index (χ3v) is 13.9. The van der Waals surface area contributed by atoms with Gasteiger partial charge < -0.3 is 14.2 Å². The zero-order valence-electron chi connectivity index (χ0n) is 51.6. The van der Waals surface area contributed by atoms with Crippen molar-refractivity contribution in [1.29, 1.82) is 0 Å². The minimum absolute atomic E-state index is 0.102. The molecule has 0 N–H and O–H groups in total. The highest BCUT2D eigenvalue weighted by Gasteiger charge is 2.19. The fourth-order valence-electron chi connectivity index (χ4n) is 8.98. The van der Waals surface area contributed by atoms with Crippen molar-refractivity contribution in [3.05, 3.63) is 122 Å². The van der Waals surface area contributed by atoms with Gasteiger partial charge in [-0.05, 0) is 135 Å². The Labute approximate surface area is 488 Å². The van der Waals surface area contributed by atoms with Crippen molar-refractivity contribution in [2.45, 2.75) is 309 Å². The number of carbonyl (C=O) groups excluding carboxylic acids is 3. The van der Waals surface area contributed by atoms with Crippen LogP contribution < -0.4 is 0 Å². The predicted octanol–water partition coefficient (Wildman–Crippen LogP) is 22.8. The van der Waals surface area contributed by atoms with E-state index < -0.39 is 6.10 Å². The van der Waals surface area contributed by atoms with Crippen LogP contribution in [0.4, 0.5) is 0 Å². The van der Waals surface area contributed by atoms with E-state index in [1.54, 1.807) is 0 Å². The van der Waals surface area contributed by atoms with E-state index in [1.807, 2.05) is 0 Å². The second-order valence-electron chi connectivity index (χ2n) is 21.6. The molecular weight excluding hydrogens is 973 g/mol. The summed E-state index contributed by atoms with van der Waals surface area (Å²) in [6, 6.07) is 0. The van der Waals surface area contributed by atoms with Gasteiger partial charge >= 0.3 is 17.9 Å². The topological polar surface area (TPSA) is 78.9 Å². The Hall–Kier alpha value is -4.19. The second-order valence-corrected chi connectivity index (χ2v) is 21.6. The number of rotatable bonds is 59. The number of carbonyl (C=O) groups is 3. The molecule has 6 heteroatoms. The maximum atomic E-state index is 12.9. The van der Waals surface area contributed by atoms with E-state index in [-0.39, 0.29) is 31.1 Å². The summed E-state index contributed by atoms with van der Waals surface area (Å²) in [6.45, 7) is 6.47. The van der Waals surface area contributed by atoms with Crippen LogP contribution in [0.3, 0.4) is 0 Å². The van der Waals surface area contributed by atoms with Crippen LogP contribution in [0.5, 0.6) is 0 Å². The minimum Gasteiger partial charge on any atom is -0.462 e. The average Bonchev–Trinajstić information content (AvgIpc) is 3.45. The van der Waals surface area contributed by atoms with E-state index in [1.165, 1.54) is 141 Å². The highest BCUT2D eigenvalue weighted by molar-refractivity contribution is 5.71. The molecule has 0 aromatic heterocycles. The summed E-state index contributed by atoms with van der Waals surface area (Å²) in [7, 11) is 0. The van der Waals surface area contributed by atoms with E-state index in [9.17, 15) is 14.4 Å². The summed E-state index contributed by atoms with van der Waals surface area (Å²) in [4.78, 5) is 38.4. The van der Waals surface area contributed by atoms with Crippen LogP contribution in [0.2, 0.25) is 0 Å². The molecule has 79 heavy (non-hydrogen) atoms. The van der Waals surface area contributed by atoms with Gasteiger partial charge in [0, 0.05) is 19.3 Å². The lowest BCUT2D eigenvalue weighted by Gasteiger charge is -2.18. The zero-order valence-corrected chi connectivity index (χ0v) is 51.6. The summed E-state index contributed by atoms with van der Waals surface area (Å²) >= 11 is 0. The van der Waals surface area contributed by atoms with Crippen LogP contribution in [-0.2, 0) is 28.6 Å². The molecule has 0 aromatic carbocycles. The van der Waals surface area contributed by atoms with Crippen molar-refractivity contribution in [1.82, 2.24) is 0 Å². The molecule has 0 aromatic rings. The van der Waals surface area contributed by atoms with Gasteiger partial charge in [0.1, 0.15) is 13.2 Å². The molecule has 0 radical (unpaired) electrons. The van der Waals surface area contributed by atoms with E-state index in [0.29, 0.717) is 25.7 Å². The molecule has 0 bridgehead atoms. The zero-order chi connectivity index (χ0) is 57.1. The van der Waals surface area contributed by atoms with Crippen LogP contribution in [-0.4, -0.2) is 37.2 Å². The Balaban J connectivity index is 4.50. The Morgan fingerprint density at radius 2 is 0.494 bits per heavy atom. The first kappa shape index (κ1) is 74.8. The van der Waals surface area contributed by atoms with Gasteiger partial charge in [-0.25, -0.2) is 0 Å². The van der Waals surface area contributed by atoms with E-state index in [0.717, 1.165) is 116 Å². The Kier molecular flexibility index (Phi) is 62.8. The fourth-order valence-corrected chi connectivity index (χ4v) is 8.98. The van der Waals surface area contributed by atoms with Crippen LogP contribution in [0.15, 0.2) is 122 Å². The maximum absolute atomic E-state index is 12.9. The predicted molar refractivity (Wildman–Crippen MR) is 343 cm³/mol. The molecule has 1 atom stereocenters. The standard InChI is InChI=1S/C73H122O6/c1-4-7-10-13-16-19-22-25-28-31-34-36-39-42-45-48-51-54-57-60-63-66-72(75)78-69-70(68-77-71(74)65-62-59-56-53-50-47-44-41-38-33-30-27-24-21-18-15-12-9-6-3)79-73(76)67-64-61-58-55-52-49-46-43-40-37-35-32-29-26-23-20-17-14-11-8-5-2/h7,10,16,18-19,21,25,27-28,30,32,34-36,38,41-42,45,51,54,70H,4-6,8-9,11-15,17,20,22-24,26,29,31,33,37,39-40,43-44,46-50,52-53,55-69H2,1-3H3/b10-7-,19-16-,21-18-,28-25-,30-27-,35-32-,36-34-,41-38-,45-42-,54-51-. The molecule has 0 spiro atoms. The van der Waals surface area contributed by atoms with Gasteiger partial charge in [0.25, 0.3) is 0 Å². The van der Waals surface area contributed by atoms with E-state index in [2.05, 4.69) is 142 Å². The smallest absolute Gasteiger partial charge is 0.306 e. The third kappa shape index (κ3) is 64.5. The van der Waals surface area contributed by atoms with Crippen LogP contribution >= 0.6 is 0 Å². The average molecular weight is 1100 g/mol. The normalized spacial score (nSPS) is 12.9. The van der Waals surface area contributed by atoms with Crippen molar-refractivity contribution < 1.29 is 28.6 Å². The summed E-state index contributed by atoms with van der Waals surface area (Å²) in [5.41, 5.74) is 0. The molecule has 6 nitrogen and oxygen atoms in total. The largest absolute Gasteiger partial charge is 0.462 e. The lowest BCUT2D eigenvalue weighted by Crippen LogP contribution is -2.30. The molecule has 0 aliphatic heterocycles. The lowest BCUT2D eigenvalue weighted by atomic mass is 10.1. The number of esters is 3. The van der Waals surface area contributed by atoms with Crippen LogP contribution in [0.1, 0.15) is 303 Å². The molecule has 0 amide bonds. The molecule has 0 fully saturated rings. The Morgan fingerprint density at radius 1 is 0.266 bits per heavy atom. The second kappa shape index (κ2) is 66.3.